The van der Waals surface area contributed by atoms with Gasteiger partial charge in [0.15, 0.2) is 17.3 Å². The molecule has 0 aliphatic rings. The number of aromatic nitrogens is 4. The van der Waals surface area contributed by atoms with E-state index in [9.17, 15) is 4.79 Å². The standard InChI is InChI=1S/C9H6N4O3/c14-8(15)5-4-10-9-11-7(12-13(5)9)6-2-1-3-16-6/h1-4H,(H,14,15)(H,10,11,12). The van der Waals surface area contributed by atoms with Crippen molar-refractivity contribution in [3.8, 4) is 11.6 Å². The zero-order valence-electron chi connectivity index (χ0n) is 7.91. The summed E-state index contributed by atoms with van der Waals surface area (Å²) in [5, 5.41) is 11.7. The number of imidazole rings is 1. The Morgan fingerprint density at radius 1 is 1.56 bits per heavy atom. The number of hydrogen-bond donors (Lipinski definition) is 2. The van der Waals surface area contributed by atoms with Gasteiger partial charge in [-0.2, -0.15) is 4.98 Å². The maximum atomic E-state index is 10.8. The van der Waals surface area contributed by atoms with Gasteiger partial charge >= 0.3 is 5.97 Å². The molecule has 0 atom stereocenters. The summed E-state index contributed by atoms with van der Waals surface area (Å²) in [6.45, 7) is 0. The highest BCUT2D eigenvalue weighted by Gasteiger charge is 2.15. The van der Waals surface area contributed by atoms with Crippen LogP contribution >= 0.6 is 0 Å². The molecular weight excluding hydrogens is 212 g/mol. The SMILES string of the molecule is O=C(O)c1cnc2nc(-c3ccco3)[nH]n12. The lowest BCUT2D eigenvalue weighted by Crippen LogP contribution is -2.01. The molecule has 3 heterocycles. The van der Waals surface area contributed by atoms with Gasteiger partial charge in [0.05, 0.1) is 12.5 Å². The third-order valence-corrected chi connectivity index (χ3v) is 2.15. The van der Waals surface area contributed by atoms with E-state index in [1.54, 1.807) is 12.1 Å². The molecule has 0 aliphatic heterocycles. The van der Waals surface area contributed by atoms with Crippen molar-refractivity contribution < 1.29 is 14.3 Å². The Labute approximate surface area is 88.3 Å². The van der Waals surface area contributed by atoms with E-state index in [1.807, 2.05) is 0 Å². The highest BCUT2D eigenvalue weighted by atomic mass is 16.4. The number of aromatic amines is 1. The molecule has 0 fully saturated rings. The van der Waals surface area contributed by atoms with Gasteiger partial charge in [-0.1, -0.05) is 0 Å². The number of aromatic carboxylic acids is 1. The molecule has 0 spiro atoms. The number of carbonyl (C=O) groups is 1. The van der Waals surface area contributed by atoms with Crippen LogP contribution in [0.4, 0.5) is 0 Å². The van der Waals surface area contributed by atoms with E-state index >= 15 is 0 Å². The van der Waals surface area contributed by atoms with Crippen molar-refractivity contribution in [3.63, 3.8) is 0 Å². The number of carboxylic acid groups (broad SMARTS) is 1. The number of nitrogens with one attached hydrogen (secondary N) is 1. The average Bonchev–Trinajstić information content (AvgIpc) is 2.92. The zero-order valence-corrected chi connectivity index (χ0v) is 7.91. The van der Waals surface area contributed by atoms with E-state index in [2.05, 4.69) is 15.1 Å². The smallest absolute Gasteiger partial charge is 0.356 e. The summed E-state index contributed by atoms with van der Waals surface area (Å²) in [5.74, 6) is 0.198. The first-order chi connectivity index (χ1) is 7.75. The van der Waals surface area contributed by atoms with Gasteiger partial charge in [0.1, 0.15) is 0 Å². The summed E-state index contributed by atoms with van der Waals surface area (Å²) in [6, 6.07) is 3.44. The van der Waals surface area contributed by atoms with Crippen molar-refractivity contribution in [1.29, 1.82) is 0 Å². The van der Waals surface area contributed by atoms with Crippen LogP contribution in [0.25, 0.3) is 17.4 Å². The van der Waals surface area contributed by atoms with Crippen LogP contribution in [0.3, 0.4) is 0 Å². The summed E-state index contributed by atoms with van der Waals surface area (Å²) in [4.78, 5) is 18.8. The fourth-order valence-electron chi connectivity index (χ4n) is 1.44. The summed E-state index contributed by atoms with van der Waals surface area (Å²) in [5.41, 5.74) is 0.0281. The van der Waals surface area contributed by atoms with Crippen molar-refractivity contribution in [1.82, 2.24) is 19.6 Å². The van der Waals surface area contributed by atoms with Crippen LogP contribution in [0.1, 0.15) is 10.5 Å². The summed E-state index contributed by atoms with van der Waals surface area (Å²) in [7, 11) is 0. The molecule has 0 saturated carbocycles. The van der Waals surface area contributed by atoms with Crippen LogP contribution < -0.4 is 0 Å². The van der Waals surface area contributed by atoms with Gasteiger partial charge in [0.25, 0.3) is 5.78 Å². The van der Waals surface area contributed by atoms with Crippen LogP contribution in [0.2, 0.25) is 0 Å². The normalized spacial score (nSPS) is 11.0. The number of hydrogen-bond acceptors (Lipinski definition) is 4. The van der Waals surface area contributed by atoms with Crippen LogP contribution in [0.15, 0.2) is 29.0 Å². The van der Waals surface area contributed by atoms with Crippen molar-refractivity contribution >= 4 is 11.7 Å². The minimum absolute atomic E-state index is 0.0281. The van der Waals surface area contributed by atoms with Gasteiger partial charge < -0.3 is 9.52 Å². The Kier molecular flexibility index (Phi) is 1.61. The Bertz CT molecular complexity index is 649. The summed E-state index contributed by atoms with van der Waals surface area (Å²) >= 11 is 0. The fourth-order valence-corrected chi connectivity index (χ4v) is 1.44. The van der Waals surface area contributed by atoms with Gasteiger partial charge in [0.2, 0.25) is 0 Å². The third kappa shape index (κ3) is 1.11. The second kappa shape index (κ2) is 2.96. The Hall–Kier alpha value is -2.57. The topological polar surface area (TPSA) is 96.4 Å². The Morgan fingerprint density at radius 3 is 3.12 bits per heavy atom. The second-order valence-corrected chi connectivity index (χ2v) is 3.13. The van der Waals surface area contributed by atoms with E-state index in [4.69, 9.17) is 9.52 Å². The highest BCUT2D eigenvalue weighted by molar-refractivity contribution is 5.86. The molecule has 80 valence electrons. The molecule has 0 aromatic carbocycles. The van der Waals surface area contributed by atoms with Crippen LogP contribution in [0, 0.1) is 0 Å². The lowest BCUT2D eigenvalue weighted by Gasteiger charge is -1.90. The van der Waals surface area contributed by atoms with Gasteiger partial charge in [0, 0.05) is 0 Å². The van der Waals surface area contributed by atoms with E-state index in [0.29, 0.717) is 17.4 Å². The minimum atomic E-state index is -1.07. The molecule has 0 aliphatic carbocycles. The number of furan rings is 1. The molecule has 0 unspecified atom stereocenters. The molecule has 2 N–H and O–H groups in total. The van der Waals surface area contributed by atoms with E-state index in [1.165, 1.54) is 17.0 Å². The molecule has 3 aromatic heterocycles. The molecule has 16 heavy (non-hydrogen) atoms. The van der Waals surface area contributed by atoms with Gasteiger partial charge in [-0.05, 0) is 12.1 Å². The maximum Gasteiger partial charge on any atom is 0.356 e. The predicted octanol–water partition coefficient (Wildman–Crippen LogP) is 1.02. The third-order valence-electron chi connectivity index (χ3n) is 2.15. The minimum Gasteiger partial charge on any atom is -0.476 e. The van der Waals surface area contributed by atoms with E-state index < -0.39 is 5.97 Å². The molecule has 3 rings (SSSR count). The first-order valence-electron chi connectivity index (χ1n) is 4.46. The van der Waals surface area contributed by atoms with Gasteiger partial charge in [-0.3, -0.25) is 5.10 Å². The first-order valence-corrected chi connectivity index (χ1v) is 4.46. The van der Waals surface area contributed by atoms with Crippen molar-refractivity contribution in [2.45, 2.75) is 0 Å². The van der Waals surface area contributed by atoms with Crippen molar-refractivity contribution in [2.75, 3.05) is 0 Å². The molecule has 0 amide bonds. The predicted molar refractivity (Wildman–Crippen MR) is 52.0 cm³/mol. The molecule has 7 nitrogen and oxygen atoms in total. The number of H-pyrrole nitrogens is 1. The van der Waals surface area contributed by atoms with Crippen LogP contribution in [-0.4, -0.2) is 30.7 Å². The largest absolute Gasteiger partial charge is 0.476 e. The molecule has 0 saturated heterocycles. The summed E-state index contributed by atoms with van der Waals surface area (Å²) in [6.07, 6.45) is 2.76. The molecule has 7 heteroatoms. The summed E-state index contributed by atoms with van der Waals surface area (Å²) < 4.78 is 6.43. The number of carboxylic acids is 1. The monoisotopic (exact) mass is 218 g/mol. The molecule has 3 aromatic rings. The quantitative estimate of drug-likeness (QED) is 0.669. The zero-order chi connectivity index (χ0) is 11.1. The lowest BCUT2D eigenvalue weighted by atomic mass is 10.4. The number of fused-ring (bicyclic) bond motifs is 1. The van der Waals surface area contributed by atoms with Crippen LogP contribution in [0.5, 0.6) is 0 Å². The fraction of sp³-hybridized carbons (Fsp3) is 0. The lowest BCUT2D eigenvalue weighted by molar-refractivity contribution is 0.0688. The van der Waals surface area contributed by atoms with Gasteiger partial charge in [-0.15, -0.1) is 0 Å². The Balaban J connectivity index is 2.20. The molecule has 0 radical (unpaired) electrons. The first kappa shape index (κ1) is 8.72. The van der Waals surface area contributed by atoms with Crippen LogP contribution in [-0.2, 0) is 0 Å². The van der Waals surface area contributed by atoms with E-state index in [0.717, 1.165) is 0 Å². The Morgan fingerprint density at radius 2 is 2.44 bits per heavy atom. The maximum absolute atomic E-state index is 10.8. The molecule has 0 bridgehead atoms. The highest BCUT2D eigenvalue weighted by Crippen LogP contribution is 2.16. The van der Waals surface area contributed by atoms with E-state index in [-0.39, 0.29) is 5.69 Å². The number of nitrogens with zero attached hydrogens (tertiary/aromatic N) is 3. The molecular formula is C9H6N4O3. The van der Waals surface area contributed by atoms with Gasteiger partial charge in [-0.25, -0.2) is 14.3 Å². The van der Waals surface area contributed by atoms with Crippen molar-refractivity contribution in [3.05, 3.63) is 30.3 Å². The second-order valence-electron chi connectivity index (χ2n) is 3.13. The van der Waals surface area contributed by atoms with Crippen molar-refractivity contribution in [2.24, 2.45) is 0 Å². The number of rotatable bonds is 2. The average molecular weight is 218 g/mol.